The summed E-state index contributed by atoms with van der Waals surface area (Å²) in [6.07, 6.45) is 0. The number of hydrogen-bond donors (Lipinski definition) is 2. The number of nitrogen functional groups attached to an aromatic ring is 1. The third-order valence-corrected chi connectivity index (χ3v) is 5.00. The molecule has 5 heteroatoms. The van der Waals surface area contributed by atoms with E-state index in [1.807, 2.05) is 32.9 Å². The van der Waals surface area contributed by atoms with Crippen LogP contribution in [0.1, 0.15) is 22.3 Å². The first-order valence-electron chi connectivity index (χ1n) is 6.67. The summed E-state index contributed by atoms with van der Waals surface area (Å²) in [5.74, 6) is 0. The molecule has 0 spiro atoms. The largest absolute Gasteiger partial charge is 0.398 e. The molecule has 0 bridgehead atoms. The van der Waals surface area contributed by atoms with Gasteiger partial charge in [0.25, 0.3) is 10.0 Å². The van der Waals surface area contributed by atoms with E-state index in [9.17, 15) is 8.42 Å². The monoisotopic (exact) mass is 304 g/mol. The van der Waals surface area contributed by atoms with Crippen LogP contribution in [0.3, 0.4) is 0 Å². The van der Waals surface area contributed by atoms with Crippen LogP contribution in [0.2, 0.25) is 0 Å². The van der Waals surface area contributed by atoms with Crippen LogP contribution in [0.25, 0.3) is 0 Å². The van der Waals surface area contributed by atoms with Crippen LogP contribution in [0, 0.1) is 27.7 Å². The predicted molar refractivity (Wildman–Crippen MR) is 87.1 cm³/mol. The molecule has 0 aromatic heterocycles. The van der Waals surface area contributed by atoms with Crippen LogP contribution >= 0.6 is 0 Å². The SMILES string of the molecule is Cc1ccc(C)c(S(=O)(=O)Nc2cc(N)c(C)cc2C)c1. The first-order valence-corrected chi connectivity index (χ1v) is 8.16. The molecule has 0 heterocycles. The summed E-state index contributed by atoms with van der Waals surface area (Å²) in [6.45, 7) is 7.40. The van der Waals surface area contributed by atoms with Crippen molar-refractivity contribution in [3.63, 3.8) is 0 Å². The number of hydrogen-bond acceptors (Lipinski definition) is 3. The van der Waals surface area contributed by atoms with E-state index in [0.29, 0.717) is 21.8 Å². The summed E-state index contributed by atoms with van der Waals surface area (Å²) in [4.78, 5) is 0.293. The number of anilines is 2. The first-order chi connectivity index (χ1) is 9.70. The second kappa shape index (κ2) is 5.41. The van der Waals surface area contributed by atoms with Gasteiger partial charge >= 0.3 is 0 Å². The predicted octanol–water partition coefficient (Wildman–Crippen LogP) is 3.30. The third kappa shape index (κ3) is 3.19. The van der Waals surface area contributed by atoms with Crippen molar-refractivity contribution in [2.45, 2.75) is 32.6 Å². The maximum absolute atomic E-state index is 12.6. The molecule has 2 aromatic rings. The lowest BCUT2D eigenvalue weighted by molar-refractivity contribution is 0.600. The van der Waals surface area contributed by atoms with E-state index in [0.717, 1.165) is 16.7 Å². The zero-order valence-electron chi connectivity index (χ0n) is 12.7. The van der Waals surface area contributed by atoms with Gasteiger partial charge in [0, 0.05) is 5.69 Å². The van der Waals surface area contributed by atoms with Crippen molar-refractivity contribution in [3.8, 4) is 0 Å². The van der Waals surface area contributed by atoms with Crippen LogP contribution in [-0.2, 0) is 10.0 Å². The van der Waals surface area contributed by atoms with Crippen molar-refractivity contribution in [2.24, 2.45) is 0 Å². The highest BCUT2D eigenvalue weighted by Gasteiger charge is 2.18. The van der Waals surface area contributed by atoms with Gasteiger partial charge in [0.1, 0.15) is 0 Å². The third-order valence-electron chi connectivity index (χ3n) is 3.49. The quantitative estimate of drug-likeness (QED) is 0.855. The minimum Gasteiger partial charge on any atom is -0.398 e. The van der Waals surface area contributed by atoms with Gasteiger partial charge in [-0.15, -0.1) is 0 Å². The molecule has 112 valence electrons. The van der Waals surface area contributed by atoms with Crippen molar-refractivity contribution >= 4 is 21.4 Å². The summed E-state index contributed by atoms with van der Waals surface area (Å²) in [5.41, 5.74) is 10.3. The second-order valence-electron chi connectivity index (χ2n) is 5.40. The van der Waals surface area contributed by atoms with E-state index >= 15 is 0 Å². The number of nitrogens with one attached hydrogen (secondary N) is 1. The standard InChI is InChI=1S/C16H20N2O2S/c1-10-5-6-11(2)16(7-10)21(19,20)18-15-9-14(17)12(3)8-13(15)4/h5-9,18H,17H2,1-4H3. The number of rotatable bonds is 3. The fourth-order valence-corrected chi connectivity index (χ4v) is 3.63. The van der Waals surface area contributed by atoms with Crippen molar-refractivity contribution in [1.82, 2.24) is 0 Å². The minimum atomic E-state index is -3.62. The molecular formula is C16H20N2O2S. The molecule has 0 amide bonds. The molecule has 0 saturated carbocycles. The Labute approximate surface area is 126 Å². The molecular weight excluding hydrogens is 284 g/mol. The maximum atomic E-state index is 12.6. The van der Waals surface area contributed by atoms with Crippen molar-refractivity contribution in [2.75, 3.05) is 10.5 Å². The lowest BCUT2D eigenvalue weighted by atomic mass is 10.1. The fourth-order valence-electron chi connectivity index (χ4n) is 2.18. The Bertz CT molecular complexity index is 796. The van der Waals surface area contributed by atoms with E-state index in [-0.39, 0.29) is 0 Å². The molecule has 4 nitrogen and oxygen atoms in total. The van der Waals surface area contributed by atoms with Crippen molar-refractivity contribution in [1.29, 1.82) is 0 Å². The van der Waals surface area contributed by atoms with Gasteiger partial charge < -0.3 is 5.73 Å². The average Bonchev–Trinajstić information content (AvgIpc) is 2.38. The Morgan fingerprint density at radius 3 is 2.24 bits per heavy atom. The summed E-state index contributed by atoms with van der Waals surface area (Å²) in [5, 5.41) is 0. The highest BCUT2D eigenvalue weighted by atomic mass is 32.2. The molecule has 0 aliphatic heterocycles. The van der Waals surface area contributed by atoms with Gasteiger partial charge in [0.15, 0.2) is 0 Å². The molecule has 0 radical (unpaired) electrons. The molecule has 3 N–H and O–H groups in total. The number of aryl methyl sites for hydroxylation is 4. The molecule has 0 aliphatic carbocycles. The van der Waals surface area contributed by atoms with Crippen LogP contribution in [0.15, 0.2) is 35.2 Å². The average molecular weight is 304 g/mol. The van der Waals surface area contributed by atoms with E-state index in [1.54, 1.807) is 25.1 Å². The van der Waals surface area contributed by atoms with Gasteiger partial charge in [-0.25, -0.2) is 8.42 Å². The lowest BCUT2D eigenvalue weighted by Gasteiger charge is -2.14. The van der Waals surface area contributed by atoms with Gasteiger partial charge in [-0.05, 0) is 62.1 Å². The summed E-state index contributed by atoms with van der Waals surface area (Å²) >= 11 is 0. The van der Waals surface area contributed by atoms with Gasteiger partial charge in [0.05, 0.1) is 10.6 Å². The summed E-state index contributed by atoms with van der Waals surface area (Å²) in [7, 11) is -3.62. The zero-order chi connectivity index (χ0) is 15.8. The van der Waals surface area contributed by atoms with Gasteiger partial charge in [-0.3, -0.25) is 4.72 Å². The number of benzene rings is 2. The van der Waals surface area contributed by atoms with Crippen LogP contribution in [0.4, 0.5) is 11.4 Å². The van der Waals surface area contributed by atoms with Crippen LogP contribution < -0.4 is 10.5 Å². The van der Waals surface area contributed by atoms with Gasteiger partial charge in [-0.2, -0.15) is 0 Å². The Balaban J connectivity index is 2.47. The lowest BCUT2D eigenvalue weighted by Crippen LogP contribution is -2.15. The smallest absolute Gasteiger partial charge is 0.262 e. The van der Waals surface area contributed by atoms with Crippen LogP contribution in [-0.4, -0.2) is 8.42 Å². The molecule has 0 fully saturated rings. The van der Waals surface area contributed by atoms with Crippen molar-refractivity contribution in [3.05, 3.63) is 52.6 Å². The molecule has 0 aliphatic rings. The van der Waals surface area contributed by atoms with E-state index in [4.69, 9.17) is 5.73 Å². The molecule has 2 rings (SSSR count). The van der Waals surface area contributed by atoms with E-state index in [1.165, 1.54) is 0 Å². The van der Waals surface area contributed by atoms with E-state index in [2.05, 4.69) is 4.72 Å². The highest BCUT2D eigenvalue weighted by molar-refractivity contribution is 7.92. The number of sulfonamides is 1. The fraction of sp³-hybridized carbons (Fsp3) is 0.250. The Morgan fingerprint density at radius 2 is 1.57 bits per heavy atom. The Morgan fingerprint density at radius 1 is 0.905 bits per heavy atom. The topological polar surface area (TPSA) is 72.2 Å². The molecule has 0 atom stereocenters. The van der Waals surface area contributed by atoms with E-state index < -0.39 is 10.0 Å². The maximum Gasteiger partial charge on any atom is 0.262 e. The second-order valence-corrected chi connectivity index (χ2v) is 7.05. The molecule has 2 aromatic carbocycles. The van der Waals surface area contributed by atoms with Crippen molar-refractivity contribution < 1.29 is 8.42 Å². The molecule has 0 saturated heterocycles. The first kappa shape index (κ1) is 15.4. The Kier molecular flexibility index (Phi) is 3.96. The number of nitrogens with two attached hydrogens (primary N) is 1. The molecule has 0 unspecified atom stereocenters. The minimum absolute atomic E-state index is 0.293. The normalized spacial score (nSPS) is 11.4. The zero-order valence-corrected chi connectivity index (χ0v) is 13.5. The highest BCUT2D eigenvalue weighted by Crippen LogP contribution is 2.26. The summed E-state index contributed by atoms with van der Waals surface area (Å²) in [6, 6.07) is 8.90. The summed E-state index contributed by atoms with van der Waals surface area (Å²) < 4.78 is 27.8. The Hall–Kier alpha value is -2.01. The van der Waals surface area contributed by atoms with Crippen LogP contribution in [0.5, 0.6) is 0 Å². The van der Waals surface area contributed by atoms with Gasteiger partial charge in [-0.1, -0.05) is 18.2 Å². The molecule has 21 heavy (non-hydrogen) atoms. The van der Waals surface area contributed by atoms with Gasteiger partial charge in [0.2, 0.25) is 0 Å².